The average Bonchev–Trinajstić information content (AvgIpc) is 2.66. The van der Waals surface area contributed by atoms with Gasteiger partial charge in [0.15, 0.2) is 5.65 Å². The Kier molecular flexibility index (Phi) is 2.91. The molecule has 18 heavy (non-hydrogen) atoms. The van der Waals surface area contributed by atoms with Gasteiger partial charge in [-0.05, 0) is 25.8 Å². The molecule has 1 atom stereocenters. The summed E-state index contributed by atoms with van der Waals surface area (Å²) in [5.41, 5.74) is 3.00. The number of anilines is 1. The molecule has 0 bridgehead atoms. The molecule has 0 aliphatic carbocycles. The lowest BCUT2D eigenvalue weighted by Crippen LogP contribution is -2.29. The van der Waals surface area contributed by atoms with Gasteiger partial charge in [0, 0.05) is 25.1 Å². The number of hydrogen-bond acceptors (Lipinski definition) is 4. The molecule has 3 heterocycles. The lowest BCUT2D eigenvalue weighted by atomic mass is 10.1. The smallest absolute Gasteiger partial charge is 0.157 e. The zero-order valence-electron chi connectivity index (χ0n) is 10.8. The van der Waals surface area contributed by atoms with Crippen LogP contribution in [0.3, 0.4) is 0 Å². The molecule has 1 aliphatic heterocycles. The van der Waals surface area contributed by atoms with Gasteiger partial charge in [-0.3, -0.25) is 4.68 Å². The zero-order valence-corrected chi connectivity index (χ0v) is 10.8. The third kappa shape index (κ3) is 2.06. The maximum absolute atomic E-state index is 5.47. The maximum atomic E-state index is 5.47. The summed E-state index contributed by atoms with van der Waals surface area (Å²) in [6.07, 6.45) is 4.15. The number of hydrogen-bond donors (Lipinski definition) is 1. The Hall–Kier alpha value is -1.62. The Morgan fingerprint density at radius 3 is 3.17 bits per heavy atom. The second kappa shape index (κ2) is 4.57. The summed E-state index contributed by atoms with van der Waals surface area (Å²) in [6.45, 7) is 3.68. The van der Waals surface area contributed by atoms with Crippen molar-refractivity contribution in [2.45, 2.75) is 25.8 Å². The number of fused-ring (bicyclic) bond motifs is 1. The normalized spacial score (nSPS) is 20.2. The Bertz CT molecular complexity index is 557. The summed E-state index contributed by atoms with van der Waals surface area (Å²) in [4.78, 5) is 4.46. The lowest BCUT2D eigenvalue weighted by molar-refractivity contribution is 0.0876. The second-order valence-corrected chi connectivity index (χ2v) is 4.86. The maximum Gasteiger partial charge on any atom is 0.157 e. The number of nitrogens with zero attached hydrogens (tertiary/aromatic N) is 3. The molecular formula is C13H18N4O. The SMILES string of the molecule is Cc1nn(C)c2ncc(NC3CCCOC3)cc12. The molecule has 5 heteroatoms. The van der Waals surface area contributed by atoms with E-state index in [4.69, 9.17) is 4.74 Å². The molecular weight excluding hydrogens is 228 g/mol. The highest BCUT2D eigenvalue weighted by Gasteiger charge is 2.14. The summed E-state index contributed by atoms with van der Waals surface area (Å²) in [6, 6.07) is 2.52. The van der Waals surface area contributed by atoms with Crippen LogP contribution in [0.15, 0.2) is 12.3 Å². The predicted octanol–water partition coefficient (Wildman–Crippen LogP) is 1.87. The molecule has 3 rings (SSSR count). The van der Waals surface area contributed by atoms with Gasteiger partial charge < -0.3 is 10.1 Å². The van der Waals surface area contributed by atoms with Gasteiger partial charge in [0.05, 0.1) is 24.2 Å². The topological polar surface area (TPSA) is 52.0 Å². The largest absolute Gasteiger partial charge is 0.379 e. The van der Waals surface area contributed by atoms with Gasteiger partial charge in [-0.1, -0.05) is 0 Å². The van der Waals surface area contributed by atoms with Crippen LogP contribution in [0, 0.1) is 6.92 Å². The molecule has 1 unspecified atom stereocenters. The molecule has 5 nitrogen and oxygen atoms in total. The fourth-order valence-corrected chi connectivity index (χ4v) is 2.48. The minimum atomic E-state index is 0.398. The van der Waals surface area contributed by atoms with E-state index in [1.807, 2.05) is 24.9 Å². The van der Waals surface area contributed by atoms with Crippen LogP contribution in [-0.2, 0) is 11.8 Å². The van der Waals surface area contributed by atoms with E-state index in [-0.39, 0.29) is 0 Å². The third-order valence-corrected chi connectivity index (χ3v) is 3.39. The van der Waals surface area contributed by atoms with Crippen LogP contribution in [0.5, 0.6) is 0 Å². The van der Waals surface area contributed by atoms with Crippen molar-refractivity contribution in [2.24, 2.45) is 7.05 Å². The van der Waals surface area contributed by atoms with Gasteiger partial charge in [-0.15, -0.1) is 0 Å². The summed E-state index contributed by atoms with van der Waals surface area (Å²) < 4.78 is 7.29. The van der Waals surface area contributed by atoms with Gasteiger partial charge in [0.1, 0.15) is 0 Å². The number of pyridine rings is 1. The van der Waals surface area contributed by atoms with Crippen LogP contribution in [0.4, 0.5) is 5.69 Å². The number of aromatic nitrogens is 3. The first-order valence-corrected chi connectivity index (χ1v) is 6.37. The van der Waals surface area contributed by atoms with Crippen molar-refractivity contribution in [1.82, 2.24) is 14.8 Å². The molecule has 1 fully saturated rings. The van der Waals surface area contributed by atoms with Gasteiger partial charge in [0.2, 0.25) is 0 Å². The van der Waals surface area contributed by atoms with Crippen molar-refractivity contribution in [2.75, 3.05) is 18.5 Å². The second-order valence-electron chi connectivity index (χ2n) is 4.86. The highest BCUT2D eigenvalue weighted by molar-refractivity contribution is 5.81. The molecule has 0 radical (unpaired) electrons. The van der Waals surface area contributed by atoms with E-state index in [1.54, 1.807) is 0 Å². The fraction of sp³-hybridized carbons (Fsp3) is 0.538. The van der Waals surface area contributed by atoms with E-state index in [0.29, 0.717) is 6.04 Å². The van der Waals surface area contributed by atoms with Crippen molar-refractivity contribution in [1.29, 1.82) is 0 Å². The first-order chi connectivity index (χ1) is 8.74. The van der Waals surface area contributed by atoms with Crippen molar-refractivity contribution >= 4 is 16.7 Å². The summed E-state index contributed by atoms with van der Waals surface area (Å²) in [5, 5.41) is 8.98. The highest BCUT2D eigenvalue weighted by atomic mass is 16.5. The van der Waals surface area contributed by atoms with Crippen LogP contribution >= 0.6 is 0 Å². The molecule has 2 aromatic rings. The molecule has 96 valence electrons. The first kappa shape index (κ1) is 11.5. The van der Waals surface area contributed by atoms with Crippen LogP contribution in [0.2, 0.25) is 0 Å². The van der Waals surface area contributed by atoms with Crippen LogP contribution < -0.4 is 5.32 Å². The quantitative estimate of drug-likeness (QED) is 0.879. The van der Waals surface area contributed by atoms with Crippen molar-refractivity contribution in [3.63, 3.8) is 0 Å². The lowest BCUT2D eigenvalue weighted by Gasteiger charge is -2.23. The van der Waals surface area contributed by atoms with E-state index >= 15 is 0 Å². The van der Waals surface area contributed by atoms with E-state index < -0.39 is 0 Å². The van der Waals surface area contributed by atoms with E-state index in [1.165, 1.54) is 0 Å². The molecule has 0 saturated carbocycles. The first-order valence-electron chi connectivity index (χ1n) is 6.37. The number of ether oxygens (including phenoxy) is 1. The number of aryl methyl sites for hydroxylation is 2. The molecule has 1 N–H and O–H groups in total. The fourth-order valence-electron chi connectivity index (χ4n) is 2.48. The van der Waals surface area contributed by atoms with Crippen molar-refractivity contribution in [3.8, 4) is 0 Å². The predicted molar refractivity (Wildman–Crippen MR) is 70.7 cm³/mol. The Morgan fingerprint density at radius 1 is 1.50 bits per heavy atom. The summed E-state index contributed by atoms with van der Waals surface area (Å²) >= 11 is 0. The number of nitrogens with one attached hydrogen (secondary N) is 1. The van der Waals surface area contributed by atoms with E-state index in [0.717, 1.165) is 48.5 Å². The Labute approximate surface area is 106 Å². The number of rotatable bonds is 2. The minimum absolute atomic E-state index is 0.398. The average molecular weight is 246 g/mol. The van der Waals surface area contributed by atoms with Crippen LogP contribution in [-0.4, -0.2) is 34.0 Å². The van der Waals surface area contributed by atoms with Gasteiger partial charge >= 0.3 is 0 Å². The summed E-state index contributed by atoms with van der Waals surface area (Å²) in [7, 11) is 1.92. The highest BCUT2D eigenvalue weighted by Crippen LogP contribution is 2.21. The van der Waals surface area contributed by atoms with Crippen molar-refractivity contribution < 1.29 is 4.74 Å². The van der Waals surface area contributed by atoms with E-state index in [2.05, 4.69) is 21.5 Å². The Morgan fingerprint density at radius 2 is 2.39 bits per heavy atom. The monoisotopic (exact) mass is 246 g/mol. The van der Waals surface area contributed by atoms with Crippen molar-refractivity contribution in [3.05, 3.63) is 18.0 Å². The summed E-state index contributed by atoms with van der Waals surface area (Å²) in [5.74, 6) is 0. The molecule has 0 aromatic carbocycles. The third-order valence-electron chi connectivity index (χ3n) is 3.39. The molecule has 0 spiro atoms. The van der Waals surface area contributed by atoms with Crippen LogP contribution in [0.1, 0.15) is 18.5 Å². The molecule has 0 amide bonds. The molecule has 1 aliphatic rings. The van der Waals surface area contributed by atoms with E-state index in [9.17, 15) is 0 Å². The minimum Gasteiger partial charge on any atom is -0.379 e. The van der Waals surface area contributed by atoms with Crippen LogP contribution in [0.25, 0.3) is 11.0 Å². The van der Waals surface area contributed by atoms with Gasteiger partial charge in [0.25, 0.3) is 0 Å². The Balaban J connectivity index is 1.86. The molecule has 2 aromatic heterocycles. The zero-order chi connectivity index (χ0) is 12.5. The van der Waals surface area contributed by atoms with Gasteiger partial charge in [-0.2, -0.15) is 5.10 Å². The standard InChI is InChI=1S/C13H18N4O/c1-9-12-6-11(7-14-13(12)17(2)16-9)15-10-4-3-5-18-8-10/h6-7,10,15H,3-5,8H2,1-2H3. The molecule has 1 saturated heterocycles. The van der Waals surface area contributed by atoms with Gasteiger partial charge in [-0.25, -0.2) is 4.98 Å².